The lowest BCUT2D eigenvalue weighted by molar-refractivity contribution is 0.0598. The van der Waals surface area contributed by atoms with Gasteiger partial charge in [0.2, 0.25) is 0 Å². The van der Waals surface area contributed by atoms with Crippen molar-refractivity contribution in [3.63, 3.8) is 0 Å². The van der Waals surface area contributed by atoms with Gasteiger partial charge in [0, 0.05) is 38.4 Å². The Morgan fingerprint density at radius 1 is 1.09 bits per heavy atom. The van der Waals surface area contributed by atoms with Crippen molar-refractivity contribution in [1.29, 1.82) is 0 Å². The van der Waals surface area contributed by atoms with Crippen LogP contribution in [0.1, 0.15) is 76.4 Å². The van der Waals surface area contributed by atoms with Crippen LogP contribution in [0.25, 0.3) is 11.0 Å². The Bertz CT molecular complexity index is 1200. The van der Waals surface area contributed by atoms with Gasteiger partial charge in [0.05, 0.1) is 34.7 Å². The summed E-state index contributed by atoms with van der Waals surface area (Å²) in [5.74, 6) is 0.460. The van der Waals surface area contributed by atoms with Crippen LogP contribution in [-0.2, 0) is 0 Å². The van der Waals surface area contributed by atoms with E-state index in [0.717, 1.165) is 30.3 Å². The summed E-state index contributed by atoms with van der Waals surface area (Å²) in [6.07, 6.45) is 8.64. The Labute approximate surface area is 187 Å². The number of likely N-dealkylation sites (tertiary alicyclic amines) is 1. The van der Waals surface area contributed by atoms with Crippen LogP contribution < -0.4 is 0 Å². The molecule has 2 aromatic heterocycles. The lowest BCUT2D eigenvalue weighted by Crippen LogP contribution is -2.39. The molecule has 5 rings (SSSR count). The standard InChI is InChI=1S/C24H28N6O2/c1-15-18(24(32)28(2)3)13-25-22(27-15)21-6-4-5-11-29(21)23(31)16-7-10-20-19(12-16)26-14-30(20)17-8-9-17/h7,10,12-14,17,21H,4-6,8-9,11H2,1-3H3/t21-/m0/s1. The molecule has 3 aromatic rings. The first-order valence-corrected chi connectivity index (χ1v) is 11.3. The van der Waals surface area contributed by atoms with E-state index < -0.39 is 0 Å². The van der Waals surface area contributed by atoms with Gasteiger partial charge in [-0.05, 0) is 57.2 Å². The molecule has 0 radical (unpaired) electrons. The second-order valence-electron chi connectivity index (χ2n) is 9.02. The van der Waals surface area contributed by atoms with E-state index in [1.165, 1.54) is 17.7 Å². The zero-order valence-electron chi connectivity index (χ0n) is 18.8. The summed E-state index contributed by atoms with van der Waals surface area (Å²) >= 11 is 0. The summed E-state index contributed by atoms with van der Waals surface area (Å²) in [5.41, 5.74) is 3.71. The van der Waals surface area contributed by atoms with Crippen molar-refractivity contribution in [2.24, 2.45) is 0 Å². The summed E-state index contributed by atoms with van der Waals surface area (Å²) in [4.78, 5) is 42.9. The Kier molecular flexibility index (Phi) is 5.15. The zero-order chi connectivity index (χ0) is 22.4. The normalized spacial score (nSPS) is 18.7. The van der Waals surface area contributed by atoms with Gasteiger partial charge in [0.1, 0.15) is 0 Å². The Morgan fingerprint density at radius 2 is 1.91 bits per heavy atom. The molecule has 0 N–H and O–H groups in total. The maximum atomic E-state index is 13.5. The number of aromatic nitrogens is 4. The fourth-order valence-electron chi connectivity index (χ4n) is 4.51. The molecule has 1 aromatic carbocycles. The molecule has 2 fully saturated rings. The Hall–Kier alpha value is -3.29. The van der Waals surface area contributed by atoms with Crippen LogP contribution in [0, 0.1) is 6.92 Å². The van der Waals surface area contributed by atoms with E-state index in [2.05, 4.69) is 19.5 Å². The minimum atomic E-state index is -0.196. The number of nitrogens with zero attached hydrogens (tertiary/aromatic N) is 6. The van der Waals surface area contributed by atoms with Crippen molar-refractivity contribution >= 4 is 22.8 Å². The molecule has 0 spiro atoms. The highest BCUT2D eigenvalue weighted by Gasteiger charge is 2.32. The van der Waals surface area contributed by atoms with Gasteiger partial charge in [-0.1, -0.05) is 0 Å². The highest BCUT2D eigenvalue weighted by molar-refractivity contribution is 5.98. The largest absolute Gasteiger partial charge is 0.345 e. The summed E-state index contributed by atoms with van der Waals surface area (Å²) < 4.78 is 2.21. The molecule has 1 saturated heterocycles. The van der Waals surface area contributed by atoms with Crippen LogP contribution in [0.4, 0.5) is 0 Å². The molecule has 2 amide bonds. The molecule has 1 atom stereocenters. The van der Waals surface area contributed by atoms with E-state index in [1.54, 1.807) is 20.3 Å². The Balaban J connectivity index is 1.43. The molecular formula is C24H28N6O2. The molecule has 1 saturated carbocycles. The molecule has 0 bridgehead atoms. The molecule has 2 aliphatic rings. The van der Waals surface area contributed by atoms with Crippen LogP contribution >= 0.6 is 0 Å². The summed E-state index contributed by atoms with van der Waals surface area (Å²) in [5, 5.41) is 0. The Morgan fingerprint density at radius 3 is 2.62 bits per heavy atom. The molecule has 8 nitrogen and oxygen atoms in total. The van der Waals surface area contributed by atoms with E-state index in [9.17, 15) is 9.59 Å². The molecular weight excluding hydrogens is 404 g/mol. The SMILES string of the molecule is Cc1nc([C@@H]2CCCCN2C(=O)c2ccc3c(c2)ncn3C2CC2)ncc1C(=O)N(C)C. The maximum absolute atomic E-state index is 13.5. The van der Waals surface area contributed by atoms with Gasteiger partial charge in [-0.3, -0.25) is 9.59 Å². The minimum Gasteiger partial charge on any atom is -0.345 e. The maximum Gasteiger partial charge on any atom is 0.256 e. The minimum absolute atomic E-state index is 0.0210. The number of hydrogen-bond donors (Lipinski definition) is 0. The molecule has 0 unspecified atom stereocenters. The predicted molar refractivity (Wildman–Crippen MR) is 120 cm³/mol. The fraction of sp³-hybridized carbons (Fsp3) is 0.458. The number of amides is 2. The number of carbonyl (C=O) groups excluding carboxylic acids is 2. The lowest BCUT2D eigenvalue weighted by atomic mass is 9.99. The quantitative estimate of drug-likeness (QED) is 0.630. The number of carbonyl (C=O) groups is 2. The van der Waals surface area contributed by atoms with Crippen LogP contribution in [0.15, 0.2) is 30.7 Å². The first-order valence-electron chi connectivity index (χ1n) is 11.3. The van der Waals surface area contributed by atoms with Crippen LogP contribution in [0.3, 0.4) is 0 Å². The van der Waals surface area contributed by atoms with Gasteiger partial charge < -0.3 is 14.4 Å². The van der Waals surface area contributed by atoms with E-state index in [1.807, 2.05) is 36.4 Å². The third-order valence-corrected chi connectivity index (χ3v) is 6.46. The number of rotatable bonds is 4. The second kappa shape index (κ2) is 8.00. The zero-order valence-corrected chi connectivity index (χ0v) is 18.8. The molecule has 166 valence electrons. The number of piperidine rings is 1. The molecule has 1 aliphatic heterocycles. The fourth-order valence-corrected chi connectivity index (χ4v) is 4.51. The topological polar surface area (TPSA) is 84.2 Å². The average molecular weight is 433 g/mol. The van der Waals surface area contributed by atoms with Crippen molar-refractivity contribution in [2.75, 3.05) is 20.6 Å². The van der Waals surface area contributed by atoms with Gasteiger partial charge in [-0.25, -0.2) is 15.0 Å². The first-order chi connectivity index (χ1) is 15.4. The third kappa shape index (κ3) is 3.63. The van der Waals surface area contributed by atoms with Crippen molar-refractivity contribution in [1.82, 2.24) is 29.3 Å². The van der Waals surface area contributed by atoms with Crippen molar-refractivity contribution in [3.8, 4) is 0 Å². The number of aryl methyl sites for hydroxylation is 1. The number of hydrogen-bond acceptors (Lipinski definition) is 5. The van der Waals surface area contributed by atoms with Crippen LogP contribution in [0.5, 0.6) is 0 Å². The first kappa shape index (κ1) is 20.6. The van der Waals surface area contributed by atoms with Gasteiger partial charge >= 0.3 is 0 Å². The van der Waals surface area contributed by atoms with Gasteiger partial charge in [0.25, 0.3) is 11.8 Å². The number of imidazole rings is 1. The van der Waals surface area contributed by atoms with E-state index in [4.69, 9.17) is 0 Å². The van der Waals surface area contributed by atoms with Crippen molar-refractivity contribution in [3.05, 3.63) is 53.4 Å². The second-order valence-corrected chi connectivity index (χ2v) is 9.02. The van der Waals surface area contributed by atoms with Gasteiger partial charge in [0.15, 0.2) is 5.82 Å². The smallest absolute Gasteiger partial charge is 0.256 e. The van der Waals surface area contributed by atoms with Gasteiger partial charge in [-0.15, -0.1) is 0 Å². The van der Waals surface area contributed by atoms with Gasteiger partial charge in [-0.2, -0.15) is 0 Å². The lowest BCUT2D eigenvalue weighted by Gasteiger charge is -2.35. The monoisotopic (exact) mass is 432 g/mol. The highest BCUT2D eigenvalue weighted by atomic mass is 16.2. The number of benzene rings is 1. The highest BCUT2D eigenvalue weighted by Crippen LogP contribution is 2.37. The summed E-state index contributed by atoms with van der Waals surface area (Å²) in [6.45, 7) is 2.49. The van der Waals surface area contributed by atoms with Crippen LogP contribution in [0.2, 0.25) is 0 Å². The third-order valence-electron chi connectivity index (χ3n) is 6.46. The molecule has 8 heteroatoms. The summed E-state index contributed by atoms with van der Waals surface area (Å²) in [7, 11) is 3.42. The van der Waals surface area contributed by atoms with Crippen molar-refractivity contribution < 1.29 is 9.59 Å². The van der Waals surface area contributed by atoms with E-state index in [-0.39, 0.29) is 17.9 Å². The van der Waals surface area contributed by atoms with Crippen LogP contribution in [-0.4, -0.2) is 61.8 Å². The molecule has 3 heterocycles. The molecule has 1 aliphatic carbocycles. The number of fused-ring (bicyclic) bond motifs is 1. The van der Waals surface area contributed by atoms with E-state index >= 15 is 0 Å². The average Bonchev–Trinajstić information content (AvgIpc) is 3.56. The van der Waals surface area contributed by atoms with E-state index in [0.29, 0.717) is 35.2 Å². The van der Waals surface area contributed by atoms with Crippen molar-refractivity contribution in [2.45, 2.75) is 51.1 Å². The predicted octanol–water partition coefficient (Wildman–Crippen LogP) is 3.54. The molecule has 32 heavy (non-hydrogen) atoms. The summed E-state index contributed by atoms with van der Waals surface area (Å²) in [6, 6.07) is 6.17.